The lowest BCUT2D eigenvalue weighted by atomic mass is 9.79. The maximum Gasteiger partial charge on any atom is 0.131 e. The number of allylic oxidation sites excluding steroid dienone is 3. The first kappa shape index (κ1) is 10.8. The number of aldehydes is 1. The van der Waals surface area contributed by atoms with Crippen molar-refractivity contribution < 1.29 is 4.79 Å². The largest absolute Gasteiger partial charge is 0.302 e. The van der Waals surface area contributed by atoms with Crippen molar-refractivity contribution in [3.8, 4) is 0 Å². The fourth-order valence-electron chi connectivity index (χ4n) is 2.69. The van der Waals surface area contributed by atoms with E-state index in [1.807, 2.05) is 6.07 Å². The third-order valence-corrected chi connectivity index (χ3v) is 4.58. The lowest BCUT2D eigenvalue weighted by Gasteiger charge is -2.26. The van der Waals surface area contributed by atoms with Gasteiger partial charge in [-0.1, -0.05) is 30.3 Å². The third kappa shape index (κ3) is 1.87. The summed E-state index contributed by atoms with van der Waals surface area (Å²) in [4.78, 5) is 12.8. The molecule has 0 fully saturated rings. The predicted octanol–water partition coefficient (Wildman–Crippen LogP) is 3.82. The van der Waals surface area contributed by atoms with Gasteiger partial charge in [-0.05, 0) is 46.3 Å². The molecule has 1 nitrogen and oxygen atoms in total. The Morgan fingerprint density at radius 3 is 2.88 bits per heavy atom. The number of hydrogen-bond acceptors (Lipinski definition) is 2. The van der Waals surface area contributed by atoms with Gasteiger partial charge in [0.2, 0.25) is 0 Å². The highest BCUT2D eigenvalue weighted by Gasteiger charge is 2.26. The van der Waals surface area contributed by atoms with Crippen LogP contribution >= 0.6 is 11.8 Å². The van der Waals surface area contributed by atoms with E-state index in [2.05, 4.69) is 29.7 Å². The van der Waals surface area contributed by atoms with Gasteiger partial charge < -0.3 is 4.79 Å². The maximum absolute atomic E-state index is 11.4. The molecule has 86 valence electrons. The normalized spacial score (nSPS) is 26.9. The second-order valence-electron chi connectivity index (χ2n) is 4.45. The monoisotopic (exact) mass is 242 g/mol. The summed E-state index contributed by atoms with van der Waals surface area (Å²) < 4.78 is 0. The highest BCUT2D eigenvalue weighted by Crippen LogP contribution is 2.42. The van der Waals surface area contributed by atoms with Gasteiger partial charge in [-0.25, -0.2) is 0 Å². The molecule has 1 unspecified atom stereocenters. The van der Waals surface area contributed by atoms with Crippen molar-refractivity contribution in [1.82, 2.24) is 0 Å². The summed E-state index contributed by atoms with van der Waals surface area (Å²) in [7, 11) is 0. The van der Waals surface area contributed by atoms with E-state index in [0.717, 1.165) is 25.5 Å². The van der Waals surface area contributed by atoms with Gasteiger partial charge in [0.25, 0.3) is 0 Å². The van der Waals surface area contributed by atoms with Crippen molar-refractivity contribution in [1.29, 1.82) is 0 Å². The quantitative estimate of drug-likeness (QED) is 0.696. The molecule has 0 aromatic heterocycles. The van der Waals surface area contributed by atoms with Crippen molar-refractivity contribution in [3.63, 3.8) is 0 Å². The molecule has 1 aliphatic carbocycles. The van der Waals surface area contributed by atoms with Gasteiger partial charge in [-0.2, -0.15) is 0 Å². The average Bonchev–Trinajstić information content (AvgIpc) is 2.91. The highest BCUT2D eigenvalue weighted by molar-refractivity contribution is 8.06. The topological polar surface area (TPSA) is 17.1 Å². The third-order valence-electron chi connectivity index (χ3n) is 3.53. The van der Waals surface area contributed by atoms with E-state index in [-0.39, 0.29) is 5.92 Å². The van der Waals surface area contributed by atoms with Crippen molar-refractivity contribution in [2.75, 3.05) is 0 Å². The minimum atomic E-state index is -0.0117. The van der Waals surface area contributed by atoms with Gasteiger partial charge in [-0.15, -0.1) is 11.8 Å². The minimum Gasteiger partial charge on any atom is -0.302 e. The van der Waals surface area contributed by atoms with Crippen molar-refractivity contribution >= 4 is 18.0 Å². The zero-order valence-electron chi connectivity index (χ0n) is 9.56. The lowest BCUT2D eigenvalue weighted by Crippen LogP contribution is -2.15. The lowest BCUT2D eigenvalue weighted by molar-refractivity contribution is -0.108. The molecule has 1 aromatic carbocycles. The SMILES string of the molecule is O=CC1C(=C2CC=CS2)CCc2ccccc21. The Labute approximate surface area is 106 Å². The zero-order valence-corrected chi connectivity index (χ0v) is 10.4. The molecule has 1 aliphatic heterocycles. The first-order valence-corrected chi connectivity index (χ1v) is 6.85. The number of benzene rings is 1. The molecule has 3 rings (SSSR count). The average molecular weight is 242 g/mol. The number of carbonyl (C=O) groups is 1. The van der Waals surface area contributed by atoms with Crippen LogP contribution in [0.1, 0.15) is 29.9 Å². The first-order valence-electron chi connectivity index (χ1n) is 5.97. The fourth-order valence-corrected chi connectivity index (χ4v) is 3.62. The molecular formula is C15H14OS. The zero-order chi connectivity index (χ0) is 11.7. The first-order chi connectivity index (χ1) is 8.40. The number of rotatable bonds is 1. The molecule has 2 heteroatoms. The van der Waals surface area contributed by atoms with E-state index in [1.165, 1.54) is 21.6 Å². The van der Waals surface area contributed by atoms with Crippen LogP contribution < -0.4 is 0 Å². The second kappa shape index (κ2) is 4.53. The summed E-state index contributed by atoms with van der Waals surface area (Å²) in [5, 5.41) is 2.13. The molecule has 17 heavy (non-hydrogen) atoms. The Morgan fingerprint density at radius 1 is 1.24 bits per heavy atom. The fraction of sp³-hybridized carbons (Fsp3) is 0.267. The van der Waals surface area contributed by atoms with E-state index in [0.29, 0.717) is 0 Å². The van der Waals surface area contributed by atoms with Crippen LogP contribution in [0, 0.1) is 0 Å². The molecule has 0 radical (unpaired) electrons. The van der Waals surface area contributed by atoms with Gasteiger partial charge in [0.15, 0.2) is 0 Å². The van der Waals surface area contributed by atoms with Crippen LogP contribution in [-0.4, -0.2) is 6.29 Å². The van der Waals surface area contributed by atoms with Gasteiger partial charge in [0.05, 0.1) is 5.92 Å². The van der Waals surface area contributed by atoms with Crippen LogP contribution in [0.3, 0.4) is 0 Å². The van der Waals surface area contributed by atoms with E-state index in [9.17, 15) is 4.79 Å². The van der Waals surface area contributed by atoms with E-state index in [1.54, 1.807) is 11.8 Å². The van der Waals surface area contributed by atoms with Crippen LogP contribution in [0.2, 0.25) is 0 Å². The number of fused-ring (bicyclic) bond motifs is 1. The molecule has 1 heterocycles. The Balaban J connectivity index is 2.06. The van der Waals surface area contributed by atoms with Gasteiger partial charge >= 0.3 is 0 Å². The van der Waals surface area contributed by atoms with Crippen molar-refractivity contribution in [2.45, 2.75) is 25.2 Å². The van der Waals surface area contributed by atoms with Gasteiger partial charge in [0.1, 0.15) is 6.29 Å². The molecule has 1 aromatic rings. The number of thioether (sulfide) groups is 1. The molecular weight excluding hydrogens is 228 g/mol. The Kier molecular flexibility index (Phi) is 2.89. The molecule has 2 aliphatic rings. The van der Waals surface area contributed by atoms with Crippen LogP contribution in [-0.2, 0) is 11.2 Å². The second-order valence-corrected chi connectivity index (χ2v) is 5.46. The molecule has 0 saturated heterocycles. The van der Waals surface area contributed by atoms with E-state index < -0.39 is 0 Å². The van der Waals surface area contributed by atoms with Crippen LogP contribution in [0.5, 0.6) is 0 Å². The van der Waals surface area contributed by atoms with Gasteiger partial charge in [-0.3, -0.25) is 0 Å². The van der Waals surface area contributed by atoms with Crippen LogP contribution in [0.15, 0.2) is 46.2 Å². The van der Waals surface area contributed by atoms with Crippen molar-refractivity contribution in [2.24, 2.45) is 0 Å². The maximum atomic E-state index is 11.4. The number of carbonyl (C=O) groups excluding carboxylic acids is 1. The molecule has 0 spiro atoms. The summed E-state index contributed by atoms with van der Waals surface area (Å²) >= 11 is 1.78. The minimum absolute atomic E-state index is 0.0117. The van der Waals surface area contributed by atoms with E-state index >= 15 is 0 Å². The highest BCUT2D eigenvalue weighted by atomic mass is 32.2. The van der Waals surface area contributed by atoms with Gasteiger partial charge in [0, 0.05) is 0 Å². The predicted molar refractivity (Wildman–Crippen MR) is 71.9 cm³/mol. The standard InChI is InChI=1S/C15H14OS/c16-10-14-12-5-2-1-4-11(12)7-8-13(14)15-6-3-9-17-15/h1-5,9-10,14H,6-8H2. The summed E-state index contributed by atoms with van der Waals surface area (Å²) in [6.45, 7) is 0. The number of aryl methyl sites for hydroxylation is 1. The molecule has 0 bridgehead atoms. The summed E-state index contributed by atoms with van der Waals surface area (Å²) in [5.41, 5.74) is 3.89. The molecule has 0 amide bonds. The van der Waals surface area contributed by atoms with Crippen LogP contribution in [0.25, 0.3) is 0 Å². The van der Waals surface area contributed by atoms with E-state index in [4.69, 9.17) is 0 Å². The van der Waals surface area contributed by atoms with Crippen molar-refractivity contribution in [3.05, 3.63) is 57.4 Å². The molecule has 0 saturated carbocycles. The molecule has 1 atom stereocenters. The Hall–Kier alpha value is -1.28. The number of hydrogen-bond donors (Lipinski definition) is 0. The smallest absolute Gasteiger partial charge is 0.131 e. The Bertz CT molecular complexity index is 503. The Morgan fingerprint density at radius 2 is 2.12 bits per heavy atom. The van der Waals surface area contributed by atoms with Crippen LogP contribution in [0.4, 0.5) is 0 Å². The summed E-state index contributed by atoms with van der Waals surface area (Å²) in [6, 6.07) is 8.34. The summed E-state index contributed by atoms with van der Waals surface area (Å²) in [6.07, 6.45) is 6.39. The molecule has 0 N–H and O–H groups in total. The summed E-state index contributed by atoms with van der Waals surface area (Å²) in [5.74, 6) is -0.0117.